The molecule has 62 valence electrons. The number of carbonyl (C=O) groups excluding carboxylic acids is 1. The third-order valence-electron chi connectivity index (χ3n) is 1.80. The first-order valence-corrected chi connectivity index (χ1v) is 4.23. The predicted molar refractivity (Wildman–Crippen MR) is 47.4 cm³/mol. The second-order valence-electron chi connectivity index (χ2n) is 2.62. The molecular formula is C7H12N2OS. The van der Waals surface area contributed by atoms with Crippen molar-refractivity contribution in [2.45, 2.75) is 25.3 Å². The Hall–Kier alpha value is -0.640. The van der Waals surface area contributed by atoms with Crippen LogP contribution in [-0.4, -0.2) is 24.0 Å². The number of nitrogens with one attached hydrogen (secondary N) is 2. The Morgan fingerprint density at radius 3 is 3.18 bits per heavy atom. The first kappa shape index (κ1) is 8.46. The summed E-state index contributed by atoms with van der Waals surface area (Å²) in [6.45, 7) is 0.940. The van der Waals surface area contributed by atoms with Crippen LogP contribution in [-0.2, 0) is 4.79 Å². The Morgan fingerprint density at radius 1 is 1.64 bits per heavy atom. The van der Waals surface area contributed by atoms with Gasteiger partial charge in [0.1, 0.15) is 0 Å². The van der Waals surface area contributed by atoms with Crippen LogP contribution in [0.3, 0.4) is 0 Å². The zero-order chi connectivity index (χ0) is 8.10. The van der Waals surface area contributed by atoms with E-state index >= 15 is 0 Å². The molecule has 0 radical (unpaired) electrons. The van der Waals surface area contributed by atoms with E-state index < -0.39 is 0 Å². The van der Waals surface area contributed by atoms with Gasteiger partial charge in [-0.1, -0.05) is 12.2 Å². The fraction of sp³-hybridized carbons (Fsp3) is 0.714. The highest BCUT2D eigenvalue weighted by molar-refractivity contribution is 7.80. The molecule has 0 spiro atoms. The number of rotatable bonds is 2. The Balaban J connectivity index is 2.45. The molecule has 4 heteroatoms. The minimum atomic E-state index is 0.0602. The monoisotopic (exact) mass is 172 g/mol. The van der Waals surface area contributed by atoms with Gasteiger partial charge in [-0.15, -0.1) is 0 Å². The lowest BCUT2D eigenvalue weighted by Crippen LogP contribution is -2.40. The summed E-state index contributed by atoms with van der Waals surface area (Å²) < 4.78 is 0. The second-order valence-corrected chi connectivity index (χ2v) is 3.06. The van der Waals surface area contributed by atoms with E-state index in [9.17, 15) is 4.79 Å². The van der Waals surface area contributed by atoms with E-state index in [-0.39, 0.29) is 6.04 Å². The summed E-state index contributed by atoms with van der Waals surface area (Å²) in [6, 6.07) is 0.0602. The zero-order valence-electron chi connectivity index (χ0n) is 6.30. The molecule has 0 bridgehead atoms. The minimum absolute atomic E-state index is 0.0602. The van der Waals surface area contributed by atoms with E-state index in [2.05, 4.69) is 10.6 Å². The van der Waals surface area contributed by atoms with Crippen LogP contribution in [0, 0.1) is 0 Å². The standard InChI is InChI=1S/C7H12N2OS/c10-5-9-6-3-1-2-4-8-7(6)11/h5-6H,1-4H2,(H,8,11)(H,9,10)/t6-/m1/s1. The van der Waals surface area contributed by atoms with Crippen LogP contribution in [0.1, 0.15) is 19.3 Å². The number of amides is 1. The minimum Gasteiger partial charge on any atom is -0.378 e. The van der Waals surface area contributed by atoms with Crippen molar-refractivity contribution in [2.75, 3.05) is 6.54 Å². The maximum Gasteiger partial charge on any atom is 0.207 e. The van der Waals surface area contributed by atoms with Crippen molar-refractivity contribution in [3.63, 3.8) is 0 Å². The van der Waals surface area contributed by atoms with Gasteiger partial charge < -0.3 is 10.6 Å². The molecule has 1 fully saturated rings. The van der Waals surface area contributed by atoms with Gasteiger partial charge in [0.15, 0.2) is 0 Å². The third kappa shape index (κ3) is 2.46. The molecule has 11 heavy (non-hydrogen) atoms. The third-order valence-corrected chi connectivity index (χ3v) is 2.23. The van der Waals surface area contributed by atoms with Gasteiger partial charge in [-0.2, -0.15) is 0 Å². The molecular weight excluding hydrogens is 160 g/mol. The quantitative estimate of drug-likeness (QED) is 0.462. The van der Waals surface area contributed by atoms with E-state index in [1.54, 1.807) is 0 Å². The average molecular weight is 172 g/mol. The molecule has 1 aliphatic rings. The van der Waals surface area contributed by atoms with E-state index in [1.807, 2.05) is 0 Å². The second kappa shape index (κ2) is 4.28. The summed E-state index contributed by atoms with van der Waals surface area (Å²) in [6.07, 6.45) is 3.93. The molecule has 0 aromatic carbocycles. The zero-order valence-corrected chi connectivity index (χ0v) is 7.12. The summed E-state index contributed by atoms with van der Waals surface area (Å²) >= 11 is 5.05. The molecule has 1 atom stereocenters. The fourth-order valence-electron chi connectivity index (χ4n) is 1.18. The highest BCUT2D eigenvalue weighted by atomic mass is 32.1. The van der Waals surface area contributed by atoms with Crippen molar-refractivity contribution in [3.8, 4) is 0 Å². The highest BCUT2D eigenvalue weighted by Crippen LogP contribution is 2.05. The molecule has 2 N–H and O–H groups in total. The Labute approximate surface area is 71.5 Å². The van der Waals surface area contributed by atoms with Crippen LogP contribution < -0.4 is 10.6 Å². The molecule has 1 rings (SSSR count). The molecule has 0 saturated carbocycles. The Morgan fingerprint density at radius 2 is 2.45 bits per heavy atom. The number of carbonyl (C=O) groups is 1. The summed E-state index contributed by atoms with van der Waals surface area (Å²) in [4.78, 5) is 10.9. The van der Waals surface area contributed by atoms with Crippen molar-refractivity contribution in [1.82, 2.24) is 10.6 Å². The average Bonchev–Trinajstić information content (AvgIpc) is 2.18. The highest BCUT2D eigenvalue weighted by Gasteiger charge is 2.15. The van der Waals surface area contributed by atoms with Gasteiger partial charge in [0.05, 0.1) is 11.0 Å². The van der Waals surface area contributed by atoms with E-state index in [0.29, 0.717) is 6.41 Å². The van der Waals surface area contributed by atoms with Gasteiger partial charge >= 0.3 is 0 Å². The van der Waals surface area contributed by atoms with Crippen LogP contribution in [0.2, 0.25) is 0 Å². The van der Waals surface area contributed by atoms with Gasteiger partial charge in [-0.3, -0.25) is 4.79 Å². The van der Waals surface area contributed by atoms with Gasteiger partial charge in [0.25, 0.3) is 0 Å². The lowest BCUT2D eigenvalue weighted by molar-refractivity contribution is -0.109. The van der Waals surface area contributed by atoms with Crippen molar-refractivity contribution >= 4 is 23.6 Å². The van der Waals surface area contributed by atoms with Crippen molar-refractivity contribution in [1.29, 1.82) is 0 Å². The molecule has 0 aliphatic carbocycles. The van der Waals surface area contributed by atoms with Crippen LogP contribution in [0.25, 0.3) is 0 Å². The van der Waals surface area contributed by atoms with Crippen LogP contribution in [0.5, 0.6) is 0 Å². The van der Waals surface area contributed by atoms with Crippen LogP contribution in [0.4, 0.5) is 0 Å². The molecule has 0 unspecified atom stereocenters. The van der Waals surface area contributed by atoms with Gasteiger partial charge in [0.2, 0.25) is 6.41 Å². The number of hydrogen-bond acceptors (Lipinski definition) is 2. The van der Waals surface area contributed by atoms with Crippen LogP contribution >= 0.6 is 12.2 Å². The molecule has 0 aromatic heterocycles. The van der Waals surface area contributed by atoms with Gasteiger partial charge in [0, 0.05) is 6.54 Å². The normalized spacial score (nSPS) is 25.1. The molecule has 1 saturated heterocycles. The topological polar surface area (TPSA) is 41.1 Å². The maximum atomic E-state index is 10.1. The number of hydrogen-bond donors (Lipinski definition) is 2. The first-order valence-electron chi connectivity index (χ1n) is 3.82. The SMILES string of the molecule is O=CN[C@@H]1CCCCNC1=S. The Bertz CT molecular complexity index is 161. The van der Waals surface area contributed by atoms with Crippen LogP contribution in [0.15, 0.2) is 0 Å². The lowest BCUT2D eigenvalue weighted by Gasteiger charge is -2.13. The smallest absolute Gasteiger partial charge is 0.207 e. The summed E-state index contributed by atoms with van der Waals surface area (Å²) in [5.41, 5.74) is 0. The van der Waals surface area contributed by atoms with Crippen molar-refractivity contribution in [2.24, 2.45) is 0 Å². The van der Waals surface area contributed by atoms with E-state index in [4.69, 9.17) is 12.2 Å². The fourth-order valence-corrected chi connectivity index (χ4v) is 1.47. The van der Waals surface area contributed by atoms with E-state index in [0.717, 1.165) is 30.8 Å². The first-order chi connectivity index (χ1) is 5.34. The van der Waals surface area contributed by atoms with Crippen molar-refractivity contribution in [3.05, 3.63) is 0 Å². The molecule has 1 aliphatic heterocycles. The summed E-state index contributed by atoms with van der Waals surface area (Å²) in [5, 5.41) is 5.78. The predicted octanol–water partition coefficient (Wildman–Crippen LogP) is 0.202. The molecule has 3 nitrogen and oxygen atoms in total. The van der Waals surface area contributed by atoms with Crippen molar-refractivity contribution < 1.29 is 4.79 Å². The molecule has 1 heterocycles. The molecule has 0 aromatic rings. The summed E-state index contributed by atoms with van der Waals surface area (Å²) in [5.74, 6) is 0. The van der Waals surface area contributed by atoms with Gasteiger partial charge in [-0.05, 0) is 19.3 Å². The van der Waals surface area contributed by atoms with E-state index in [1.165, 1.54) is 0 Å². The number of thiocarbonyl (C=S) groups is 1. The molecule has 1 amide bonds. The summed E-state index contributed by atoms with van der Waals surface area (Å²) in [7, 11) is 0. The maximum absolute atomic E-state index is 10.1. The Kier molecular flexibility index (Phi) is 3.29. The lowest BCUT2D eigenvalue weighted by atomic mass is 10.1. The van der Waals surface area contributed by atoms with Gasteiger partial charge in [-0.25, -0.2) is 0 Å². The largest absolute Gasteiger partial charge is 0.378 e.